The Labute approximate surface area is 402 Å². The van der Waals surface area contributed by atoms with Crippen molar-refractivity contribution in [3.8, 4) is 0 Å². The number of carbonyl (C=O) groups excluding carboxylic acids is 4. The summed E-state index contributed by atoms with van der Waals surface area (Å²) in [6, 6.07) is 0. The lowest BCUT2D eigenvalue weighted by Gasteiger charge is -2.30. The maximum absolute atomic E-state index is 12.7. The molecule has 0 aromatic carbocycles. The maximum Gasteiger partial charge on any atom is 0.481 e. The number of aliphatic hydroxyl groups excluding tert-OH is 3. The smallest absolute Gasteiger partial charge is 0.393 e. The van der Waals surface area contributed by atoms with Crippen molar-refractivity contribution in [2.75, 3.05) is 37.8 Å². The summed E-state index contributed by atoms with van der Waals surface area (Å²) in [5, 5.41) is 36.6. The molecule has 1 saturated carbocycles. The summed E-state index contributed by atoms with van der Waals surface area (Å²) in [5.74, 6) is -0.423. The van der Waals surface area contributed by atoms with E-state index in [4.69, 9.17) is 19.5 Å². The van der Waals surface area contributed by atoms with Crippen molar-refractivity contribution in [1.82, 2.24) is 30.2 Å². The van der Waals surface area contributed by atoms with Crippen molar-refractivity contribution in [3.63, 3.8) is 0 Å². The third-order valence-corrected chi connectivity index (χ3v) is 15.3. The van der Waals surface area contributed by atoms with Crippen molar-refractivity contribution in [2.45, 2.75) is 128 Å². The number of thioether (sulfide) groups is 1. The number of anilines is 1. The van der Waals surface area contributed by atoms with E-state index in [2.05, 4.69) is 53.5 Å². The number of aliphatic hydroxyl groups is 3. The molecule has 5 unspecified atom stereocenters. The van der Waals surface area contributed by atoms with Gasteiger partial charge in [-0.2, -0.15) is 4.31 Å². The van der Waals surface area contributed by atoms with E-state index in [0.717, 1.165) is 73.9 Å². The molecule has 390 valence electrons. The lowest BCUT2D eigenvalue weighted by atomic mass is 9.87. The topological polar surface area (TPSA) is 401 Å². The summed E-state index contributed by atoms with van der Waals surface area (Å²) in [4.78, 5) is 101. The largest absolute Gasteiger partial charge is 0.481 e. The molecule has 3 heterocycles. The van der Waals surface area contributed by atoms with E-state index in [-0.39, 0.29) is 59.7 Å². The summed E-state index contributed by atoms with van der Waals surface area (Å²) in [6.45, 7) is 2.39. The fourth-order valence-corrected chi connectivity index (χ4v) is 11.2. The minimum Gasteiger partial charge on any atom is -0.393 e. The Morgan fingerprint density at radius 3 is 2.46 bits per heavy atom. The molecular formula is C39H64N7O19P3S. The summed E-state index contributed by atoms with van der Waals surface area (Å²) in [6.07, 6.45) is 3.77. The zero-order valence-corrected chi connectivity index (χ0v) is 41.9. The lowest BCUT2D eigenvalue weighted by Crippen LogP contribution is -2.46. The van der Waals surface area contributed by atoms with Crippen LogP contribution in [0.3, 0.4) is 0 Å². The van der Waals surface area contributed by atoms with E-state index in [0.29, 0.717) is 24.5 Å². The van der Waals surface area contributed by atoms with Crippen LogP contribution in [0.4, 0.5) is 5.82 Å². The van der Waals surface area contributed by atoms with Gasteiger partial charge in [0.1, 0.15) is 42.0 Å². The van der Waals surface area contributed by atoms with Crippen LogP contribution in [-0.2, 0) is 55.5 Å². The first-order chi connectivity index (χ1) is 32.3. The number of nitrogen functional groups attached to an aromatic ring is 1. The highest BCUT2D eigenvalue weighted by atomic mass is 32.2. The van der Waals surface area contributed by atoms with Gasteiger partial charge in [-0.05, 0) is 38.0 Å². The number of ketones is 1. The molecule has 0 bridgehead atoms. The number of imidazole rings is 1. The predicted octanol–water partition coefficient (Wildman–Crippen LogP) is 2.32. The van der Waals surface area contributed by atoms with Crippen LogP contribution in [0.5, 0.6) is 0 Å². The van der Waals surface area contributed by atoms with Crippen LogP contribution < -0.4 is 16.4 Å². The third kappa shape index (κ3) is 18.8. The molecule has 69 heavy (non-hydrogen) atoms. The van der Waals surface area contributed by atoms with Crippen LogP contribution in [0.25, 0.3) is 11.2 Å². The van der Waals surface area contributed by atoms with Gasteiger partial charge in [0.15, 0.2) is 22.8 Å². The first-order valence-corrected chi connectivity index (χ1v) is 27.7. The molecule has 2 aromatic rings. The number of phosphoric acid groups is 3. The SMILES string of the molecule is CC/C=C\CC1C(=O)CCC1CCCCCC(O)CC(=O)SCCNC(=O)CCNC(=O)[C@H](O)C(C)(C)COP(=O)(O)OP(=O)(O)OC[C@H]1O[C@@H](n2cnc3c(N)ncnc32)[C@H](O)[C@@H]1OP(=O)(O)O. The zero-order chi connectivity index (χ0) is 51.2. The standard InChI is InChI=1S/C39H64N7O19P3S/c1-4-5-7-12-26-24(13-14-27(26)48)10-8-6-9-11-25(47)19-30(50)69-18-17-41-29(49)15-16-42-37(53)34(52)39(2,3)21-62-68(59,60)65-67(57,58)61-20-28-33(64-66(54,55)56)32(51)38(63-28)46-23-45-31-35(40)43-22-44-36(31)46/h5,7,22-26,28,32-34,38,47,51-52H,4,6,8-21H2,1-3H3,(H,41,49)(H,42,53)(H,57,58)(H,59,60)(H2,40,43,44)(H2,54,55,56)/b7-5-/t24?,25?,26?,28-,32-,33-,34+,38-/m1/s1. The van der Waals surface area contributed by atoms with Crippen molar-refractivity contribution >= 4 is 74.9 Å². The summed E-state index contributed by atoms with van der Waals surface area (Å²) < 4.78 is 62.4. The Kier molecular flexibility index (Phi) is 22.5. The molecule has 1 saturated heterocycles. The van der Waals surface area contributed by atoms with Gasteiger partial charge in [0, 0.05) is 49.4 Å². The molecular weight excluding hydrogens is 995 g/mol. The minimum atomic E-state index is -5.60. The second kappa shape index (κ2) is 26.6. The van der Waals surface area contributed by atoms with Gasteiger partial charge in [-0.3, -0.25) is 37.3 Å². The number of ether oxygens (including phenoxy) is 1. The number of hydrogen-bond donors (Lipinski definition) is 10. The average molecular weight is 1060 g/mol. The number of allylic oxidation sites excluding steroid dienone is 2. The molecule has 30 heteroatoms. The summed E-state index contributed by atoms with van der Waals surface area (Å²) in [7, 11) is -16.5. The van der Waals surface area contributed by atoms with Crippen molar-refractivity contribution in [1.29, 1.82) is 0 Å². The number of aromatic nitrogens is 4. The molecule has 1 aliphatic carbocycles. The Morgan fingerprint density at radius 2 is 1.75 bits per heavy atom. The quantitative estimate of drug-likeness (QED) is 0.0305. The summed E-state index contributed by atoms with van der Waals surface area (Å²) >= 11 is 0.970. The molecule has 4 rings (SSSR count). The summed E-state index contributed by atoms with van der Waals surface area (Å²) in [5.41, 5.74) is 4.23. The molecule has 2 aliphatic rings. The number of amides is 2. The fraction of sp³-hybridized carbons (Fsp3) is 0.718. The number of rotatable bonds is 30. The van der Waals surface area contributed by atoms with Gasteiger partial charge in [-0.15, -0.1) is 0 Å². The van der Waals surface area contributed by atoms with E-state index in [1.807, 2.05) is 0 Å². The van der Waals surface area contributed by atoms with E-state index >= 15 is 0 Å². The van der Waals surface area contributed by atoms with Crippen molar-refractivity contribution in [2.24, 2.45) is 17.3 Å². The monoisotopic (exact) mass is 1060 g/mol. The van der Waals surface area contributed by atoms with E-state index in [9.17, 15) is 67.8 Å². The number of hydrogen-bond acceptors (Lipinski definition) is 20. The van der Waals surface area contributed by atoms with Crippen LogP contribution in [-0.4, -0.2) is 140 Å². The second-order valence-electron chi connectivity index (χ2n) is 17.3. The van der Waals surface area contributed by atoms with Gasteiger partial charge in [0.05, 0.1) is 25.6 Å². The number of nitrogens with one attached hydrogen (secondary N) is 2. The number of nitrogens with zero attached hydrogens (tertiary/aromatic N) is 4. The van der Waals surface area contributed by atoms with E-state index < -0.39 is 90.7 Å². The number of nitrogens with two attached hydrogens (primary N) is 1. The Hall–Kier alpha value is -3.07. The van der Waals surface area contributed by atoms with E-state index in [1.54, 1.807) is 0 Å². The van der Waals surface area contributed by atoms with Gasteiger partial charge in [0.2, 0.25) is 11.8 Å². The van der Waals surface area contributed by atoms with Gasteiger partial charge >= 0.3 is 23.5 Å². The van der Waals surface area contributed by atoms with Crippen LogP contribution in [0.15, 0.2) is 24.8 Å². The Bertz CT molecular complexity index is 2230. The number of phosphoric ester groups is 3. The molecule has 1 aliphatic heterocycles. The Balaban J connectivity index is 1.10. The zero-order valence-electron chi connectivity index (χ0n) is 38.4. The number of Topliss-reactive ketones (excluding diaryl/α,β-unsaturated/α-hetero) is 1. The average Bonchev–Trinajstić information content (AvgIpc) is 3.94. The maximum atomic E-state index is 12.7. The highest BCUT2D eigenvalue weighted by Crippen LogP contribution is 2.61. The van der Waals surface area contributed by atoms with Gasteiger partial charge in [-0.25, -0.2) is 28.6 Å². The van der Waals surface area contributed by atoms with Crippen molar-refractivity contribution in [3.05, 3.63) is 24.8 Å². The van der Waals surface area contributed by atoms with Crippen LogP contribution in [0.2, 0.25) is 0 Å². The van der Waals surface area contributed by atoms with Gasteiger partial charge in [0.25, 0.3) is 0 Å². The first kappa shape index (κ1) is 58.5. The van der Waals surface area contributed by atoms with E-state index in [1.165, 1.54) is 13.8 Å². The molecule has 0 radical (unpaired) electrons. The molecule has 2 fully saturated rings. The van der Waals surface area contributed by atoms with Crippen LogP contribution >= 0.6 is 35.2 Å². The van der Waals surface area contributed by atoms with Crippen LogP contribution in [0.1, 0.15) is 97.6 Å². The van der Waals surface area contributed by atoms with Gasteiger partial charge in [-0.1, -0.05) is 63.9 Å². The first-order valence-electron chi connectivity index (χ1n) is 22.2. The number of unbranched alkanes of at least 4 members (excludes halogenated alkanes) is 2. The number of fused-ring (bicyclic) bond motifs is 1. The predicted molar refractivity (Wildman–Crippen MR) is 246 cm³/mol. The van der Waals surface area contributed by atoms with Crippen molar-refractivity contribution < 1.29 is 90.4 Å². The molecule has 10 atom stereocenters. The lowest BCUT2D eigenvalue weighted by molar-refractivity contribution is -0.137. The highest BCUT2D eigenvalue weighted by Gasteiger charge is 2.50. The normalized spacial score (nSPS) is 23.8. The molecule has 11 N–H and O–H groups in total. The fourth-order valence-electron chi connectivity index (χ4n) is 7.67. The minimum absolute atomic E-state index is 0.0234. The molecule has 2 aromatic heterocycles. The highest BCUT2D eigenvalue weighted by molar-refractivity contribution is 8.13. The van der Waals surface area contributed by atoms with Crippen LogP contribution in [0, 0.1) is 17.3 Å². The molecule has 26 nitrogen and oxygen atoms in total. The molecule has 2 amide bonds. The molecule has 0 spiro atoms. The van der Waals surface area contributed by atoms with Gasteiger partial charge < -0.3 is 56.0 Å². The third-order valence-electron chi connectivity index (χ3n) is 11.3. The Morgan fingerprint density at radius 1 is 1.03 bits per heavy atom. The number of carbonyl (C=O) groups is 4. The second-order valence-corrected chi connectivity index (χ2v) is 22.7.